The van der Waals surface area contributed by atoms with Crippen LogP contribution < -0.4 is 15.0 Å². The van der Waals surface area contributed by atoms with E-state index in [4.69, 9.17) is 17.0 Å². The lowest BCUT2D eigenvalue weighted by Crippen LogP contribution is -3.15. The van der Waals surface area contributed by atoms with Gasteiger partial charge in [0.1, 0.15) is 5.75 Å². The summed E-state index contributed by atoms with van der Waals surface area (Å²) in [6.45, 7) is 10.6. The zero-order valence-electron chi connectivity index (χ0n) is 17.2. The number of anilines is 1. The first-order valence-corrected chi connectivity index (χ1v) is 10.7. The Labute approximate surface area is 173 Å². The molecule has 2 atom stereocenters. The summed E-state index contributed by atoms with van der Waals surface area (Å²) in [6, 6.07) is 7.76. The van der Waals surface area contributed by atoms with E-state index in [1.165, 1.54) is 11.3 Å². The van der Waals surface area contributed by atoms with Crippen molar-refractivity contribution in [2.45, 2.75) is 20.3 Å². The summed E-state index contributed by atoms with van der Waals surface area (Å²) in [6.07, 6.45) is 1.23. The molecule has 7 heteroatoms. The molecule has 0 aliphatic carbocycles. The number of quaternary nitrogens is 1. The molecule has 2 aliphatic heterocycles. The van der Waals surface area contributed by atoms with Crippen LogP contribution >= 0.6 is 12.2 Å². The van der Waals surface area contributed by atoms with Gasteiger partial charge in [-0.15, -0.1) is 0 Å². The van der Waals surface area contributed by atoms with E-state index in [2.05, 4.69) is 29.0 Å². The molecule has 1 aromatic rings. The number of nitrogens with one attached hydrogen (secondary N) is 2. The second-order valence-electron chi connectivity index (χ2n) is 8.32. The molecule has 1 aromatic carbocycles. The Morgan fingerprint density at radius 1 is 1.14 bits per heavy atom. The number of ether oxygens (including phenoxy) is 1. The molecule has 2 heterocycles. The van der Waals surface area contributed by atoms with Gasteiger partial charge in [-0.05, 0) is 54.7 Å². The summed E-state index contributed by atoms with van der Waals surface area (Å²) in [5, 5.41) is 4.04. The number of rotatable bonds is 4. The molecule has 28 heavy (non-hydrogen) atoms. The summed E-state index contributed by atoms with van der Waals surface area (Å²) < 4.78 is 5.18. The van der Waals surface area contributed by atoms with Crippen molar-refractivity contribution in [2.75, 3.05) is 58.2 Å². The van der Waals surface area contributed by atoms with Gasteiger partial charge in [-0.2, -0.15) is 0 Å². The van der Waals surface area contributed by atoms with Crippen LogP contribution in [0.5, 0.6) is 5.75 Å². The quantitative estimate of drug-likeness (QED) is 0.735. The van der Waals surface area contributed by atoms with Gasteiger partial charge >= 0.3 is 0 Å². The Balaban J connectivity index is 1.43. The highest BCUT2D eigenvalue weighted by Crippen LogP contribution is 2.20. The molecule has 6 nitrogen and oxygen atoms in total. The van der Waals surface area contributed by atoms with Gasteiger partial charge in [0.25, 0.3) is 5.91 Å². The number of carbonyl (C=O) groups excluding carboxylic acids is 1. The topological polar surface area (TPSA) is 49.3 Å². The van der Waals surface area contributed by atoms with Crippen LogP contribution in [-0.4, -0.2) is 73.7 Å². The van der Waals surface area contributed by atoms with Gasteiger partial charge in [-0.1, -0.05) is 13.8 Å². The maximum atomic E-state index is 12.7. The summed E-state index contributed by atoms with van der Waals surface area (Å²) in [5.74, 6) is 2.36. The third kappa shape index (κ3) is 5.58. The second-order valence-corrected chi connectivity index (χ2v) is 8.70. The minimum absolute atomic E-state index is 0.306. The number of thiocarbonyl (C=S) groups is 1. The average Bonchev–Trinajstić information content (AvgIpc) is 2.68. The van der Waals surface area contributed by atoms with E-state index < -0.39 is 0 Å². The highest BCUT2D eigenvalue weighted by atomic mass is 32.1. The molecule has 0 aromatic heterocycles. The van der Waals surface area contributed by atoms with Crippen molar-refractivity contribution in [2.24, 2.45) is 11.8 Å². The molecule has 0 bridgehead atoms. The first kappa shape index (κ1) is 20.9. The van der Waals surface area contributed by atoms with E-state index in [0.717, 1.165) is 55.8 Å². The Kier molecular flexibility index (Phi) is 7.13. The molecule has 0 radical (unpaired) electrons. The van der Waals surface area contributed by atoms with E-state index in [9.17, 15) is 4.79 Å². The van der Waals surface area contributed by atoms with E-state index in [1.54, 1.807) is 7.11 Å². The van der Waals surface area contributed by atoms with Crippen molar-refractivity contribution in [3.05, 3.63) is 24.3 Å². The van der Waals surface area contributed by atoms with Gasteiger partial charge in [0, 0.05) is 18.8 Å². The number of nitrogens with zero attached hydrogens (tertiary/aromatic N) is 2. The fourth-order valence-electron chi connectivity index (χ4n) is 4.27. The standard InChI is InChI=1S/C21H32N4O2S/c1-16-12-17(2)14-25(13-16)20(26)15-23-8-10-24(11-9-23)21(28)22-18-4-6-19(27-3)7-5-18/h4-7,16-17H,8-15H2,1-3H3,(H,22,28)/p+1/t16-,17-/m0/s1. The van der Waals surface area contributed by atoms with Crippen LogP contribution in [0, 0.1) is 11.8 Å². The van der Waals surface area contributed by atoms with Crippen LogP contribution in [0.3, 0.4) is 0 Å². The number of likely N-dealkylation sites (tertiary alicyclic amines) is 1. The van der Waals surface area contributed by atoms with Crippen LogP contribution in [0.2, 0.25) is 0 Å². The van der Waals surface area contributed by atoms with Crippen LogP contribution in [0.1, 0.15) is 20.3 Å². The first-order chi connectivity index (χ1) is 13.4. The number of benzene rings is 1. The maximum absolute atomic E-state index is 12.7. The zero-order valence-corrected chi connectivity index (χ0v) is 18.1. The van der Waals surface area contributed by atoms with Crippen molar-refractivity contribution in [3.63, 3.8) is 0 Å². The third-order valence-electron chi connectivity index (χ3n) is 5.72. The van der Waals surface area contributed by atoms with Crippen molar-refractivity contribution in [1.29, 1.82) is 0 Å². The summed E-state index contributed by atoms with van der Waals surface area (Å²) >= 11 is 5.57. The third-order valence-corrected chi connectivity index (χ3v) is 6.08. The van der Waals surface area contributed by atoms with E-state index in [-0.39, 0.29) is 0 Å². The lowest BCUT2D eigenvalue weighted by molar-refractivity contribution is -0.896. The van der Waals surface area contributed by atoms with Crippen LogP contribution in [-0.2, 0) is 4.79 Å². The van der Waals surface area contributed by atoms with Crippen LogP contribution in [0.25, 0.3) is 0 Å². The number of hydrogen-bond donors (Lipinski definition) is 2. The first-order valence-electron chi connectivity index (χ1n) is 10.3. The molecule has 0 unspecified atom stereocenters. The maximum Gasteiger partial charge on any atom is 0.277 e. The van der Waals surface area contributed by atoms with Crippen molar-refractivity contribution >= 4 is 28.9 Å². The van der Waals surface area contributed by atoms with Gasteiger partial charge in [-0.25, -0.2) is 0 Å². The van der Waals surface area contributed by atoms with Crippen LogP contribution in [0.4, 0.5) is 5.69 Å². The Morgan fingerprint density at radius 3 is 2.32 bits per heavy atom. The Hall–Kier alpha value is -1.86. The molecular weight excluding hydrogens is 372 g/mol. The van der Waals surface area contributed by atoms with Gasteiger partial charge in [0.15, 0.2) is 11.7 Å². The molecule has 3 rings (SSSR count). The summed E-state index contributed by atoms with van der Waals surface area (Å²) in [4.78, 5) is 18.3. The average molecular weight is 406 g/mol. The lowest BCUT2D eigenvalue weighted by atomic mass is 9.92. The highest BCUT2D eigenvalue weighted by Gasteiger charge is 2.29. The number of amides is 1. The largest absolute Gasteiger partial charge is 0.497 e. The normalized spacial score (nSPS) is 23.4. The van der Waals surface area contributed by atoms with Crippen LogP contribution in [0.15, 0.2) is 24.3 Å². The van der Waals surface area contributed by atoms with Crippen molar-refractivity contribution < 1.29 is 14.4 Å². The molecule has 0 spiro atoms. The minimum atomic E-state index is 0.306. The van der Waals surface area contributed by atoms with Gasteiger partial charge in [0.05, 0.1) is 33.3 Å². The fraction of sp³-hybridized carbons (Fsp3) is 0.619. The SMILES string of the molecule is COc1ccc(NC(=S)N2CC[NH+](CC(=O)N3C[C@@H](C)C[C@H](C)C3)CC2)cc1. The smallest absolute Gasteiger partial charge is 0.277 e. The molecule has 2 saturated heterocycles. The lowest BCUT2D eigenvalue weighted by Gasteiger charge is -2.37. The number of piperidine rings is 1. The van der Waals surface area contributed by atoms with E-state index >= 15 is 0 Å². The Bertz CT molecular complexity index is 663. The summed E-state index contributed by atoms with van der Waals surface area (Å²) in [5.41, 5.74) is 0.962. The second kappa shape index (κ2) is 9.56. The van der Waals surface area contributed by atoms with Gasteiger partial charge in [-0.3, -0.25) is 4.79 Å². The van der Waals surface area contributed by atoms with Gasteiger partial charge < -0.3 is 24.8 Å². The number of carbonyl (C=O) groups is 1. The molecule has 2 aliphatic rings. The monoisotopic (exact) mass is 405 g/mol. The van der Waals surface area contributed by atoms with Gasteiger partial charge in [0.2, 0.25) is 0 Å². The zero-order chi connectivity index (χ0) is 20.1. The predicted molar refractivity (Wildman–Crippen MR) is 116 cm³/mol. The number of methoxy groups -OCH3 is 1. The van der Waals surface area contributed by atoms with E-state index in [1.807, 2.05) is 24.3 Å². The molecule has 1 amide bonds. The minimum Gasteiger partial charge on any atom is -0.497 e. The highest BCUT2D eigenvalue weighted by molar-refractivity contribution is 7.80. The Morgan fingerprint density at radius 2 is 1.75 bits per heavy atom. The molecule has 2 fully saturated rings. The van der Waals surface area contributed by atoms with E-state index in [0.29, 0.717) is 24.3 Å². The molecule has 2 N–H and O–H groups in total. The summed E-state index contributed by atoms with van der Waals surface area (Å²) in [7, 11) is 1.66. The fourth-order valence-corrected chi connectivity index (χ4v) is 4.57. The van der Waals surface area contributed by atoms with Crippen molar-refractivity contribution in [3.8, 4) is 5.75 Å². The molecule has 0 saturated carbocycles. The number of piperazine rings is 1. The number of hydrogen-bond acceptors (Lipinski definition) is 3. The predicted octanol–water partition coefficient (Wildman–Crippen LogP) is 1.10. The molecular formula is C21H33N4O2S+. The molecule has 154 valence electrons. The van der Waals surface area contributed by atoms with Crippen molar-refractivity contribution in [1.82, 2.24) is 9.80 Å².